The van der Waals surface area contributed by atoms with Gasteiger partial charge in [0.15, 0.2) is 6.10 Å². The maximum atomic E-state index is 12.9. The molecule has 1 saturated heterocycles. The number of nitrogens with zero attached hydrogens (tertiary/aromatic N) is 1. The van der Waals surface area contributed by atoms with Crippen LogP contribution >= 0.6 is 24.0 Å². The van der Waals surface area contributed by atoms with Crippen molar-refractivity contribution < 1.29 is 14.3 Å². The Hall–Kier alpha value is -1.65. The molecule has 0 aromatic heterocycles. The molecule has 1 aliphatic rings. The number of piperidine rings is 1. The van der Waals surface area contributed by atoms with E-state index in [4.69, 9.17) is 26.8 Å². The van der Waals surface area contributed by atoms with Crippen LogP contribution in [0.3, 0.4) is 0 Å². The van der Waals surface area contributed by atoms with Crippen LogP contribution in [-0.2, 0) is 4.74 Å². The van der Waals surface area contributed by atoms with E-state index in [1.165, 1.54) is 6.07 Å². The molecule has 1 aliphatic heterocycles. The van der Waals surface area contributed by atoms with Crippen molar-refractivity contribution >= 4 is 35.6 Å². The lowest BCUT2D eigenvalue weighted by molar-refractivity contribution is 0.0141. The number of nitrogens with one attached hydrogen (secondary N) is 1. The highest BCUT2D eigenvalue weighted by Crippen LogP contribution is 2.30. The Morgan fingerprint density at radius 1 is 1.48 bits per heavy atom. The number of benzene rings is 1. The van der Waals surface area contributed by atoms with Gasteiger partial charge in [-0.2, -0.15) is 0 Å². The van der Waals surface area contributed by atoms with Crippen molar-refractivity contribution in [2.24, 2.45) is 0 Å². The Balaban J connectivity index is 0.00000364. The summed E-state index contributed by atoms with van der Waals surface area (Å²) >= 11 is 6.13. The number of nitrogen functional groups attached to an aromatic ring is 1. The van der Waals surface area contributed by atoms with Gasteiger partial charge in [0.25, 0.3) is 5.91 Å². The monoisotopic (exact) mass is 415 g/mol. The number of likely N-dealkylation sites (N-methyl/N-ethyl adjacent to an activating group) is 1. The quantitative estimate of drug-likeness (QED) is 0.570. The zero-order valence-corrected chi connectivity index (χ0v) is 17.6. The summed E-state index contributed by atoms with van der Waals surface area (Å²) in [5.41, 5.74) is 6.56. The summed E-state index contributed by atoms with van der Waals surface area (Å²) in [6.45, 7) is 5.19. The number of likely N-dealkylation sites (tertiary alicyclic amines) is 1. The second-order valence-electron chi connectivity index (χ2n) is 6.43. The molecule has 0 bridgehead atoms. The number of ether oxygens (including phenoxy) is 2. The van der Waals surface area contributed by atoms with Gasteiger partial charge in [-0.3, -0.25) is 4.79 Å². The lowest BCUT2D eigenvalue weighted by Crippen LogP contribution is -2.53. The summed E-state index contributed by atoms with van der Waals surface area (Å²) in [5, 5.41) is 3.35. The number of hydrogen-bond acceptors (Lipinski definition) is 5. The molecule has 3 atom stereocenters. The Bertz CT molecular complexity index is 718. The summed E-state index contributed by atoms with van der Waals surface area (Å²) in [4.78, 5) is 15.1. The molecule has 8 heteroatoms. The smallest absolute Gasteiger partial charge is 0.255 e. The third-order valence-corrected chi connectivity index (χ3v) is 4.70. The molecule has 1 aromatic carbocycles. The predicted molar refractivity (Wildman–Crippen MR) is 111 cm³/mol. The minimum absolute atomic E-state index is 0. The number of nitrogens with two attached hydrogens (primary N) is 1. The van der Waals surface area contributed by atoms with Crippen molar-refractivity contribution in [3.8, 4) is 17.6 Å². The number of rotatable bonds is 5. The highest BCUT2D eigenvalue weighted by molar-refractivity contribution is 6.33. The molecule has 3 N–H and O–H groups in total. The lowest BCUT2D eigenvalue weighted by Gasteiger charge is -2.36. The van der Waals surface area contributed by atoms with Crippen molar-refractivity contribution in [1.29, 1.82) is 0 Å². The first-order valence-electron chi connectivity index (χ1n) is 8.55. The molecule has 0 spiro atoms. The number of halogens is 2. The maximum Gasteiger partial charge on any atom is 0.255 e. The van der Waals surface area contributed by atoms with Crippen LogP contribution < -0.4 is 15.8 Å². The molecule has 1 amide bonds. The van der Waals surface area contributed by atoms with Crippen molar-refractivity contribution in [3.05, 3.63) is 22.7 Å². The molecular weight excluding hydrogens is 389 g/mol. The van der Waals surface area contributed by atoms with Crippen LogP contribution in [0.1, 0.15) is 30.6 Å². The van der Waals surface area contributed by atoms with Crippen molar-refractivity contribution in [2.75, 3.05) is 33.0 Å². The molecular formula is C19H27Cl2N3O3. The molecule has 1 fully saturated rings. The standard InChI is InChI=1S/C19H26ClN3O3.ClH/c1-5-6-12(2)26-17-10-15(21)14(20)9-13(17)19(24)22-16-7-8-23(3)11-18(16)25-4;/h9-10,12,16,18H,7-8,11,21H2,1-4H3,(H,22,24);1H/t12-,16+,18-;/m0./s1. The zero-order chi connectivity index (χ0) is 19.3. The first-order valence-corrected chi connectivity index (χ1v) is 8.93. The van der Waals surface area contributed by atoms with E-state index in [2.05, 4.69) is 22.1 Å². The second kappa shape index (κ2) is 10.6. The number of carbonyl (C=O) groups is 1. The van der Waals surface area contributed by atoms with Gasteiger partial charge in [-0.05, 0) is 39.9 Å². The normalized spacial score (nSPS) is 20.6. The van der Waals surface area contributed by atoms with E-state index < -0.39 is 0 Å². The molecule has 150 valence electrons. The van der Waals surface area contributed by atoms with Gasteiger partial charge in [0.05, 0.1) is 28.4 Å². The van der Waals surface area contributed by atoms with E-state index in [0.717, 1.165) is 19.5 Å². The van der Waals surface area contributed by atoms with Crippen LogP contribution in [0, 0.1) is 11.8 Å². The van der Waals surface area contributed by atoms with Crippen LogP contribution in [0.15, 0.2) is 12.1 Å². The summed E-state index contributed by atoms with van der Waals surface area (Å²) in [7, 11) is 3.69. The number of amides is 1. The maximum absolute atomic E-state index is 12.9. The number of carbonyl (C=O) groups excluding carboxylic acids is 1. The van der Waals surface area contributed by atoms with E-state index in [9.17, 15) is 4.79 Å². The van der Waals surface area contributed by atoms with Gasteiger partial charge in [-0.1, -0.05) is 17.5 Å². The van der Waals surface area contributed by atoms with Crippen LogP contribution in [-0.4, -0.2) is 56.3 Å². The highest BCUT2D eigenvalue weighted by atomic mass is 35.5. The fourth-order valence-electron chi connectivity index (χ4n) is 2.99. The molecule has 2 rings (SSSR count). The van der Waals surface area contributed by atoms with E-state index in [-0.39, 0.29) is 36.6 Å². The molecule has 0 unspecified atom stereocenters. The zero-order valence-electron chi connectivity index (χ0n) is 16.0. The molecule has 0 radical (unpaired) electrons. The number of methoxy groups -OCH3 is 1. The largest absolute Gasteiger partial charge is 0.477 e. The first-order chi connectivity index (χ1) is 12.3. The Morgan fingerprint density at radius 3 is 2.81 bits per heavy atom. The molecule has 6 nitrogen and oxygen atoms in total. The van der Waals surface area contributed by atoms with Crippen LogP contribution in [0.25, 0.3) is 0 Å². The number of hydrogen-bond donors (Lipinski definition) is 2. The average Bonchev–Trinajstić information content (AvgIpc) is 2.59. The van der Waals surface area contributed by atoms with Crippen molar-refractivity contribution in [3.63, 3.8) is 0 Å². The van der Waals surface area contributed by atoms with E-state index >= 15 is 0 Å². The summed E-state index contributed by atoms with van der Waals surface area (Å²) in [6.07, 6.45) is 0.357. The minimum Gasteiger partial charge on any atom is -0.477 e. The van der Waals surface area contributed by atoms with Gasteiger partial charge >= 0.3 is 0 Å². The molecule has 1 heterocycles. The average molecular weight is 416 g/mol. The topological polar surface area (TPSA) is 76.8 Å². The van der Waals surface area contributed by atoms with E-state index in [1.54, 1.807) is 27.0 Å². The second-order valence-corrected chi connectivity index (χ2v) is 6.84. The summed E-state index contributed by atoms with van der Waals surface area (Å²) < 4.78 is 11.3. The van der Waals surface area contributed by atoms with Gasteiger partial charge in [-0.25, -0.2) is 0 Å². The molecule has 0 saturated carbocycles. The van der Waals surface area contributed by atoms with Crippen LogP contribution in [0.4, 0.5) is 5.69 Å². The minimum atomic E-state index is -0.373. The summed E-state index contributed by atoms with van der Waals surface area (Å²) in [5.74, 6) is 5.78. The van der Waals surface area contributed by atoms with Crippen LogP contribution in [0.2, 0.25) is 5.02 Å². The fraction of sp³-hybridized carbons (Fsp3) is 0.526. The Kier molecular flexibility index (Phi) is 9.20. The predicted octanol–water partition coefficient (Wildman–Crippen LogP) is 2.58. The SMILES string of the molecule is CC#C[C@H](C)Oc1cc(N)c(Cl)cc1C(=O)N[C@@H]1CCN(C)C[C@@H]1OC.Cl. The number of anilines is 1. The van der Waals surface area contributed by atoms with Crippen molar-refractivity contribution in [1.82, 2.24) is 10.2 Å². The van der Waals surface area contributed by atoms with E-state index in [0.29, 0.717) is 22.0 Å². The van der Waals surface area contributed by atoms with Crippen LogP contribution in [0.5, 0.6) is 5.75 Å². The van der Waals surface area contributed by atoms with Gasteiger partial charge in [0.1, 0.15) is 5.75 Å². The summed E-state index contributed by atoms with van der Waals surface area (Å²) in [6, 6.07) is 3.01. The molecule has 0 aliphatic carbocycles. The van der Waals surface area contributed by atoms with Gasteiger partial charge in [0, 0.05) is 19.7 Å². The van der Waals surface area contributed by atoms with E-state index in [1.807, 2.05) is 7.05 Å². The van der Waals surface area contributed by atoms with Gasteiger partial charge in [-0.15, -0.1) is 18.3 Å². The highest BCUT2D eigenvalue weighted by Gasteiger charge is 2.30. The lowest BCUT2D eigenvalue weighted by atomic mass is 10.0. The fourth-order valence-corrected chi connectivity index (χ4v) is 3.15. The Labute approximate surface area is 172 Å². The third-order valence-electron chi connectivity index (χ3n) is 4.38. The van der Waals surface area contributed by atoms with Gasteiger partial charge < -0.3 is 25.4 Å². The van der Waals surface area contributed by atoms with Crippen molar-refractivity contribution in [2.45, 2.75) is 38.5 Å². The Morgan fingerprint density at radius 2 is 2.19 bits per heavy atom. The molecule has 27 heavy (non-hydrogen) atoms. The first kappa shape index (κ1) is 23.4. The third kappa shape index (κ3) is 6.18. The molecule has 1 aromatic rings. The van der Waals surface area contributed by atoms with Gasteiger partial charge in [0.2, 0.25) is 0 Å².